The van der Waals surface area contributed by atoms with Crippen LogP contribution >= 0.6 is 23.5 Å². The van der Waals surface area contributed by atoms with Crippen LogP contribution in [0, 0.1) is 0 Å². The Morgan fingerprint density at radius 2 is 1.59 bits per heavy atom. The third kappa shape index (κ3) is 9.50. The van der Waals surface area contributed by atoms with Crippen molar-refractivity contribution in [3.8, 4) is 0 Å². The Morgan fingerprint density at radius 1 is 1.04 bits per heavy atom. The van der Waals surface area contributed by atoms with Crippen molar-refractivity contribution < 1.29 is 23.1 Å². The molecule has 1 aromatic rings. The van der Waals surface area contributed by atoms with Gasteiger partial charge in [0, 0.05) is 0 Å². The molecule has 1 rings (SSSR count). The molecule has 3 N–H and O–H groups in total. The Labute approximate surface area is 169 Å². The molecule has 152 valence electrons. The van der Waals surface area contributed by atoms with E-state index in [1.807, 2.05) is 12.5 Å². The first-order chi connectivity index (χ1) is 12.8. The van der Waals surface area contributed by atoms with E-state index in [9.17, 15) is 23.1 Å². The van der Waals surface area contributed by atoms with Gasteiger partial charge in [0.25, 0.3) is 0 Å². The lowest BCUT2D eigenvalue weighted by Gasteiger charge is -2.21. The maximum atomic E-state index is 12.5. The van der Waals surface area contributed by atoms with Gasteiger partial charge in [0.1, 0.15) is 12.1 Å². The lowest BCUT2D eigenvalue weighted by Crippen LogP contribution is -2.52. The summed E-state index contributed by atoms with van der Waals surface area (Å²) in [4.78, 5) is 23.9. The quantitative estimate of drug-likeness (QED) is 0.432. The molecule has 7 nitrogen and oxygen atoms in total. The lowest BCUT2D eigenvalue weighted by molar-refractivity contribution is -0.142. The Balaban J connectivity index is 2.83. The smallest absolute Gasteiger partial charge is 0.326 e. The van der Waals surface area contributed by atoms with Crippen LogP contribution in [0.3, 0.4) is 0 Å². The molecule has 2 atom stereocenters. The second-order valence-electron chi connectivity index (χ2n) is 5.88. The van der Waals surface area contributed by atoms with Gasteiger partial charge in [-0.2, -0.15) is 23.5 Å². The van der Waals surface area contributed by atoms with Crippen molar-refractivity contribution in [3.63, 3.8) is 0 Å². The van der Waals surface area contributed by atoms with Crippen LogP contribution in [0.5, 0.6) is 0 Å². The third-order valence-electron chi connectivity index (χ3n) is 3.67. The first-order valence-corrected chi connectivity index (χ1v) is 12.8. The fraction of sp³-hybridized carbons (Fsp3) is 0.529. The zero-order chi connectivity index (χ0) is 20.3. The molecular weight excluding hydrogens is 408 g/mol. The van der Waals surface area contributed by atoms with Gasteiger partial charge in [0.2, 0.25) is 15.9 Å². The van der Waals surface area contributed by atoms with Gasteiger partial charge < -0.3 is 10.4 Å². The highest BCUT2D eigenvalue weighted by Gasteiger charge is 2.28. The van der Waals surface area contributed by atoms with Gasteiger partial charge >= 0.3 is 5.97 Å². The predicted molar refractivity (Wildman–Crippen MR) is 112 cm³/mol. The van der Waals surface area contributed by atoms with E-state index < -0.39 is 34.0 Å². The van der Waals surface area contributed by atoms with Crippen LogP contribution in [0.1, 0.15) is 18.4 Å². The first kappa shape index (κ1) is 23.8. The van der Waals surface area contributed by atoms with Crippen LogP contribution in [0.25, 0.3) is 0 Å². The zero-order valence-electron chi connectivity index (χ0n) is 15.4. The van der Waals surface area contributed by atoms with Gasteiger partial charge in [0.15, 0.2) is 0 Å². The molecule has 2 unspecified atom stereocenters. The Bertz CT molecular complexity index is 698. The van der Waals surface area contributed by atoms with Gasteiger partial charge in [-0.1, -0.05) is 30.3 Å². The van der Waals surface area contributed by atoms with Crippen LogP contribution in [0.4, 0.5) is 0 Å². The average molecular weight is 435 g/mol. The van der Waals surface area contributed by atoms with E-state index in [0.717, 1.165) is 0 Å². The summed E-state index contributed by atoms with van der Waals surface area (Å²) >= 11 is 2.96. The third-order valence-corrected chi connectivity index (χ3v) is 6.32. The van der Waals surface area contributed by atoms with Crippen molar-refractivity contribution in [1.82, 2.24) is 10.0 Å². The summed E-state index contributed by atoms with van der Waals surface area (Å²) in [6, 6.07) is 6.61. The number of hydrogen-bond acceptors (Lipinski definition) is 6. The van der Waals surface area contributed by atoms with E-state index >= 15 is 0 Å². The molecule has 0 saturated heterocycles. The zero-order valence-corrected chi connectivity index (χ0v) is 17.8. The summed E-state index contributed by atoms with van der Waals surface area (Å²) in [7, 11) is -3.75. The van der Waals surface area contributed by atoms with Gasteiger partial charge in [-0.3, -0.25) is 4.79 Å². The fourth-order valence-corrected chi connectivity index (χ4v) is 4.61. The molecule has 10 heteroatoms. The summed E-state index contributed by atoms with van der Waals surface area (Å²) in [5.74, 6) is -0.852. The van der Waals surface area contributed by atoms with Crippen molar-refractivity contribution in [2.75, 3.05) is 24.0 Å². The Hall–Kier alpha value is -1.23. The topological polar surface area (TPSA) is 113 Å². The predicted octanol–water partition coefficient (Wildman–Crippen LogP) is 1.55. The minimum Gasteiger partial charge on any atom is -0.480 e. The largest absolute Gasteiger partial charge is 0.480 e. The molecule has 27 heavy (non-hydrogen) atoms. The molecule has 0 heterocycles. The van der Waals surface area contributed by atoms with Gasteiger partial charge in [-0.15, -0.1) is 0 Å². The number of carboxylic acids is 1. The standard InChI is InChI=1S/C17H26N2O5S3/c1-25-10-8-14(16(20)18-15(17(21)22)9-11-26-2)19-27(23,24)12-13-6-4-3-5-7-13/h3-7,14-15,19H,8-12H2,1-2H3,(H,18,20)(H,21,22). The van der Waals surface area contributed by atoms with Crippen molar-refractivity contribution in [1.29, 1.82) is 0 Å². The number of rotatable bonds is 13. The monoisotopic (exact) mass is 434 g/mol. The number of carboxylic acid groups (broad SMARTS) is 1. The van der Waals surface area contributed by atoms with Crippen molar-refractivity contribution in [2.24, 2.45) is 0 Å². The Morgan fingerprint density at radius 3 is 2.11 bits per heavy atom. The number of amides is 1. The highest BCUT2D eigenvalue weighted by Crippen LogP contribution is 2.09. The van der Waals surface area contributed by atoms with Crippen LogP contribution in [0.2, 0.25) is 0 Å². The van der Waals surface area contributed by atoms with Gasteiger partial charge in [0.05, 0.1) is 5.75 Å². The summed E-state index contributed by atoms with van der Waals surface area (Å²) in [6.45, 7) is 0. The maximum absolute atomic E-state index is 12.5. The molecule has 0 saturated carbocycles. The van der Waals surface area contributed by atoms with Crippen molar-refractivity contribution >= 4 is 45.4 Å². The second kappa shape index (κ2) is 12.3. The number of carbonyl (C=O) groups is 2. The highest BCUT2D eigenvalue weighted by atomic mass is 32.2. The minimum absolute atomic E-state index is 0.244. The summed E-state index contributed by atoms with van der Waals surface area (Å²) in [5.41, 5.74) is 0.609. The molecule has 0 radical (unpaired) electrons. The number of carbonyl (C=O) groups excluding carboxylic acids is 1. The van der Waals surface area contributed by atoms with E-state index in [1.54, 1.807) is 30.3 Å². The molecule has 0 aromatic heterocycles. The number of nitrogens with one attached hydrogen (secondary N) is 2. The maximum Gasteiger partial charge on any atom is 0.326 e. The number of aliphatic carboxylic acids is 1. The molecule has 0 spiro atoms. The second-order valence-corrected chi connectivity index (χ2v) is 9.60. The SMILES string of the molecule is CSCCC(NC(=O)C(CCSC)NS(=O)(=O)Cc1ccccc1)C(=O)O. The molecule has 1 aromatic carbocycles. The molecule has 0 fully saturated rings. The fourth-order valence-electron chi connectivity index (χ4n) is 2.30. The normalized spacial score (nSPS) is 13.7. The van der Waals surface area contributed by atoms with E-state index in [1.165, 1.54) is 23.5 Å². The molecule has 1 amide bonds. The van der Waals surface area contributed by atoms with Crippen LogP contribution in [-0.4, -0.2) is 61.5 Å². The number of sulfonamides is 1. The van der Waals surface area contributed by atoms with E-state index in [0.29, 0.717) is 17.1 Å². The van der Waals surface area contributed by atoms with Crippen molar-refractivity contribution in [2.45, 2.75) is 30.7 Å². The summed E-state index contributed by atoms with van der Waals surface area (Å²) < 4.78 is 27.3. The lowest BCUT2D eigenvalue weighted by atomic mass is 10.2. The summed E-state index contributed by atoms with van der Waals surface area (Å²) in [5, 5.41) is 11.7. The van der Waals surface area contributed by atoms with Crippen LogP contribution in [0.15, 0.2) is 30.3 Å². The highest BCUT2D eigenvalue weighted by molar-refractivity contribution is 7.98. The molecule has 0 aliphatic heterocycles. The number of thioether (sulfide) groups is 2. The molecule has 0 aliphatic carbocycles. The number of hydrogen-bond donors (Lipinski definition) is 3. The van der Waals surface area contributed by atoms with Crippen LogP contribution in [-0.2, 0) is 25.4 Å². The van der Waals surface area contributed by atoms with Crippen LogP contribution < -0.4 is 10.0 Å². The van der Waals surface area contributed by atoms with Gasteiger partial charge in [-0.05, 0) is 42.4 Å². The van der Waals surface area contributed by atoms with Crippen molar-refractivity contribution in [3.05, 3.63) is 35.9 Å². The van der Waals surface area contributed by atoms with E-state index in [4.69, 9.17) is 0 Å². The minimum atomic E-state index is -3.75. The molecule has 0 aliphatic rings. The molecular formula is C17H26N2O5S3. The summed E-state index contributed by atoms with van der Waals surface area (Å²) in [6.07, 6.45) is 4.25. The first-order valence-electron chi connectivity index (χ1n) is 8.34. The molecule has 0 bridgehead atoms. The average Bonchev–Trinajstić information content (AvgIpc) is 2.62. The van der Waals surface area contributed by atoms with E-state index in [2.05, 4.69) is 10.0 Å². The number of benzene rings is 1. The van der Waals surface area contributed by atoms with Gasteiger partial charge in [-0.25, -0.2) is 17.9 Å². The van der Waals surface area contributed by atoms with E-state index in [-0.39, 0.29) is 18.6 Å². The Kier molecular flexibility index (Phi) is 10.8.